The normalized spacial score (nSPS) is 12.2. The number of anilines is 1. The lowest BCUT2D eigenvalue weighted by Gasteiger charge is -2.23. The summed E-state index contributed by atoms with van der Waals surface area (Å²) in [5, 5.41) is 0.356. The molecule has 1 amide bonds. The molecular formula is C25H35ClN4O7S3. The Morgan fingerprint density at radius 1 is 0.900 bits per heavy atom. The summed E-state index contributed by atoms with van der Waals surface area (Å²) in [7, 11) is -0.619. The van der Waals surface area contributed by atoms with E-state index in [4.69, 9.17) is 9.47 Å². The highest BCUT2D eigenvalue weighted by Gasteiger charge is 2.27. The zero-order chi connectivity index (χ0) is 28.8. The molecule has 0 aliphatic heterocycles. The van der Waals surface area contributed by atoms with Crippen molar-refractivity contribution in [2.24, 2.45) is 0 Å². The fourth-order valence-corrected chi connectivity index (χ4v) is 7.05. The molecular weight excluding hydrogens is 600 g/mol. The molecule has 0 spiro atoms. The summed E-state index contributed by atoms with van der Waals surface area (Å²) in [4.78, 5) is 21.7. The Hall–Kier alpha value is -2.17. The van der Waals surface area contributed by atoms with Gasteiger partial charge in [0, 0.05) is 52.2 Å². The number of methoxy groups -OCH3 is 2. The minimum Gasteiger partial charge on any atom is -0.383 e. The van der Waals surface area contributed by atoms with Crippen molar-refractivity contribution in [2.75, 3.05) is 78.9 Å². The van der Waals surface area contributed by atoms with Crippen molar-refractivity contribution in [3.63, 3.8) is 0 Å². The Bertz CT molecular complexity index is 1490. The minimum atomic E-state index is -3.84. The average Bonchev–Trinajstić information content (AvgIpc) is 3.31. The number of amides is 1. The lowest BCUT2D eigenvalue weighted by molar-refractivity contribution is 0.0985. The number of benzene rings is 2. The van der Waals surface area contributed by atoms with Gasteiger partial charge in [-0.05, 0) is 50.5 Å². The average molecular weight is 635 g/mol. The third kappa shape index (κ3) is 8.19. The van der Waals surface area contributed by atoms with E-state index in [0.717, 1.165) is 6.26 Å². The molecule has 0 aliphatic carbocycles. The van der Waals surface area contributed by atoms with E-state index in [9.17, 15) is 21.6 Å². The van der Waals surface area contributed by atoms with Crippen LogP contribution in [0.1, 0.15) is 10.4 Å². The number of para-hydroxylation sites is 1. The van der Waals surface area contributed by atoms with Crippen LogP contribution in [0, 0.1) is 0 Å². The van der Waals surface area contributed by atoms with Gasteiger partial charge < -0.3 is 14.4 Å². The van der Waals surface area contributed by atoms with Gasteiger partial charge in [0.25, 0.3) is 5.91 Å². The number of hydrogen-bond donors (Lipinski definition) is 0. The maximum atomic E-state index is 13.7. The number of rotatable bonds is 14. The van der Waals surface area contributed by atoms with E-state index < -0.39 is 19.9 Å². The largest absolute Gasteiger partial charge is 0.383 e. The molecule has 1 aromatic heterocycles. The minimum absolute atomic E-state index is 0. The van der Waals surface area contributed by atoms with E-state index in [1.165, 1.54) is 65.1 Å². The quantitative estimate of drug-likeness (QED) is 0.263. The van der Waals surface area contributed by atoms with Crippen molar-refractivity contribution >= 4 is 64.9 Å². The van der Waals surface area contributed by atoms with Crippen LogP contribution in [0.4, 0.5) is 5.13 Å². The van der Waals surface area contributed by atoms with Gasteiger partial charge >= 0.3 is 0 Å². The summed E-state index contributed by atoms with van der Waals surface area (Å²) >= 11 is 1.22. The van der Waals surface area contributed by atoms with Crippen LogP contribution >= 0.6 is 23.7 Å². The Labute approximate surface area is 246 Å². The van der Waals surface area contributed by atoms with Gasteiger partial charge in [-0.25, -0.2) is 21.8 Å². The van der Waals surface area contributed by atoms with Crippen LogP contribution in [-0.4, -0.2) is 111 Å². The number of halogens is 1. The number of aromatic nitrogens is 1. The molecule has 0 aliphatic rings. The number of sulfonamides is 1. The number of carbonyl (C=O) groups excluding carboxylic acids is 1. The molecule has 0 bridgehead atoms. The van der Waals surface area contributed by atoms with Gasteiger partial charge in [-0.3, -0.25) is 9.69 Å². The van der Waals surface area contributed by atoms with Gasteiger partial charge in [0.15, 0.2) is 15.0 Å². The SMILES string of the molecule is COCCN(CCOC)S(=O)(=O)c1ccc(C(=O)N(CCN(C)C)c2nc3c(S(C)(=O)=O)cccc3s2)cc1.Cl. The number of ether oxygens (including phenoxy) is 2. The van der Waals surface area contributed by atoms with Crippen LogP contribution in [0.5, 0.6) is 0 Å². The number of carbonyl (C=O) groups is 1. The summed E-state index contributed by atoms with van der Waals surface area (Å²) in [6, 6.07) is 10.6. The summed E-state index contributed by atoms with van der Waals surface area (Å²) < 4.78 is 63.0. The fraction of sp³-hybridized carbons (Fsp3) is 0.440. The Morgan fingerprint density at radius 2 is 1.50 bits per heavy atom. The van der Waals surface area contributed by atoms with Gasteiger partial charge in [0.2, 0.25) is 10.0 Å². The van der Waals surface area contributed by atoms with Crippen molar-refractivity contribution in [1.29, 1.82) is 0 Å². The number of nitrogens with zero attached hydrogens (tertiary/aromatic N) is 4. The summed E-state index contributed by atoms with van der Waals surface area (Å²) in [6.07, 6.45) is 1.12. The number of fused-ring (bicyclic) bond motifs is 1. The smallest absolute Gasteiger partial charge is 0.260 e. The number of thiazole rings is 1. The van der Waals surface area contributed by atoms with E-state index in [1.54, 1.807) is 12.1 Å². The summed E-state index contributed by atoms with van der Waals surface area (Å²) in [5.41, 5.74) is 0.590. The van der Waals surface area contributed by atoms with E-state index in [0.29, 0.717) is 28.4 Å². The predicted octanol–water partition coefficient (Wildman–Crippen LogP) is 2.61. The lowest BCUT2D eigenvalue weighted by Crippen LogP contribution is -2.37. The highest BCUT2D eigenvalue weighted by atomic mass is 35.5. The number of likely N-dealkylation sites (N-methyl/N-ethyl adjacent to an activating group) is 1. The second-order valence-corrected chi connectivity index (χ2v) is 14.0. The lowest BCUT2D eigenvalue weighted by atomic mass is 10.2. The predicted molar refractivity (Wildman–Crippen MR) is 159 cm³/mol. The molecule has 0 N–H and O–H groups in total. The van der Waals surface area contributed by atoms with Crippen LogP contribution in [-0.2, 0) is 29.3 Å². The molecule has 3 aromatic rings. The first-order chi connectivity index (χ1) is 18.4. The van der Waals surface area contributed by atoms with Gasteiger partial charge in [-0.1, -0.05) is 17.4 Å². The van der Waals surface area contributed by atoms with Crippen LogP contribution in [0.3, 0.4) is 0 Å². The first-order valence-electron chi connectivity index (χ1n) is 12.0. The van der Waals surface area contributed by atoms with Crippen LogP contribution in [0.2, 0.25) is 0 Å². The highest BCUT2D eigenvalue weighted by Crippen LogP contribution is 2.33. The van der Waals surface area contributed by atoms with E-state index in [1.807, 2.05) is 19.0 Å². The maximum absolute atomic E-state index is 13.7. The molecule has 11 nitrogen and oxygen atoms in total. The summed E-state index contributed by atoms with van der Waals surface area (Å²) in [5.74, 6) is -0.378. The molecule has 0 saturated heterocycles. The Morgan fingerprint density at radius 3 is 2.02 bits per heavy atom. The Balaban J connectivity index is 0.00000560. The molecule has 0 radical (unpaired) electrons. The van der Waals surface area contributed by atoms with E-state index in [2.05, 4.69) is 4.98 Å². The van der Waals surface area contributed by atoms with E-state index in [-0.39, 0.29) is 60.0 Å². The molecule has 0 fully saturated rings. The topological polar surface area (TPSA) is 126 Å². The zero-order valence-corrected chi connectivity index (χ0v) is 26.3. The van der Waals surface area contributed by atoms with Crippen LogP contribution in [0.25, 0.3) is 10.2 Å². The van der Waals surface area contributed by atoms with Crippen molar-refractivity contribution in [2.45, 2.75) is 9.79 Å². The monoisotopic (exact) mass is 634 g/mol. The van der Waals surface area contributed by atoms with Gasteiger partial charge in [0.1, 0.15) is 5.52 Å². The van der Waals surface area contributed by atoms with Gasteiger partial charge in [-0.15, -0.1) is 12.4 Å². The third-order valence-electron chi connectivity index (χ3n) is 5.85. The standard InChI is InChI=1S/C25H34N4O7S3.ClH/c1-27(2)13-14-29(25-26-23-21(37-25)7-6-8-22(23)38(5,31)32)24(30)19-9-11-20(12-10-19)39(33,34)28(15-17-35-3)16-18-36-4;/h6-12H,13-18H2,1-5H3;1H. The van der Waals surface area contributed by atoms with Crippen molar-refractivity contribution in [3.05, 3.63) is 48.0 Å². The molecule has 0 unspecified atom stereocenters. The zero-order valence-electron chi connectivity index (χ0n) is 23.1. The summed E-state index contributed by atoms with van der Waals surface area (Å²) in [6.45, 7) is 1.60. The molecule has 222 valence electrons. The second kappa shape index (κ2) is 14.6. The van der Waals surface area contributed by atoms with E-state index >= 15 is 0 Å². The Kier molecular flexibility index (Phi) is 12.5. The second-order valence-electron chi connectivity index (χ2n) is 9.05. The van der Waals surface area contributed by atoms with Crippen LogP contribution < -0.4 is 4.90 Å². The molecule has 1 heterocycles. The maximum Gasteiger partial charge on any atom is 0.260 e. The molecule has 0 saturated carbocycles. The molecule has 40 heavy (non-hydrogen) atoms. The third-order valence-corrected chi connectivity index (χ3v) is 9.93. The van der Waals surface area contributed by atoms with Crippen molar-refractivity contribution in [3.8, 4) is 0 Å². The fourth-order valence-electron chi connectivity index (χ4n) is 3.72. The van der Waals surface area contributed by atoms with Gasteiger partial charge in [-0.2, -0.15) is 4.31 Å². The van der Waals surface area contributed by atoms with Crippen molar-refractivity contribution in [1.82, 2.24) is 14.2 Å². The highest BCUT2D eigenvalue weighted by molar-refractivity contribution is 7.91. The molecule has 3 rings (SSSR count). The molecule has 15 heteroatoms. The van der Waals surface area contributed by atoms with Crippen molar-refractivity contribution < 1.29 is 31.1 Å². The first-order valence-corrected chi connectivity index (χ1v) is 16.2. The van der Waals surface area contributed by atoms with Crippen LogP contribution in [0.15, 0.2) is 52.3 Å². The number of sulfone groups is 1. The molecule has 2 aromatic carbocycles. The molecule has 0 atom stereocenters. The number of hydrogen-bond acceptors (Lipinski definition) is 10. The van der Waals surface area contributed by atoms with Gasteiger partial charge in [0.05, 0.1) is 27.7 Å². The first kappa shape index (κ1) is 34.0.